The van der Waals surface area contributed by atoms with Gasteiger partial charge in [-0.15, -0.1) is 10.2 Å². The Bertz CT molecular complexity index is 795. The van der Waals surface area contributed by atoms with E-state index in [-0.39, 0.29) is 17.9 Å². The molecule has 8 heteroatoms. The molecule has 1 aromatic carbocycles. The first-order chi connectivity index (χ1) is 13.2. The molecule has 1 saturated heterocycles. The third kappa shape index (κ3) is 5.40. The second-order valence-electron chi connectivity index (χ2n) is 8.50. The first-order valence-corrected chi connectivity index (χ1v) is 10.1. The Morgan fingerprint density at radius 2 is 1.89 bits per heavy atom. The summed E-state index contributed by atoms with van der Waals surface area (Å²) in [5, 5.41) is 15.8. The standard InChI is InChI=1S/C20H28BrN5O2/c1-19(2)9-14(10-20(3,4)26-19)23-17-11-22-18(25-24-17)15-7-6-13(21)8-16(15)28-12-27-5/h6-8,11,14,26H,9-10,12H2,1-5H3,(H,23,24). The first-order valence-electron chi connectivity index (χ1n) is 9.35. The molecule has 0 unspecified atom stereocenters. The van der Waals surface area contributed by atoms with Crippen LogP contribution in [-0.4, -0.2) is 46.2 Å². The molecule has 2 N–H and O–H groups in total. The van der Waals surface area contributed by atoms with Crippen molar-refractivity contribution in [3.8, 4) is 17.1 Å². The number of benzene rings is 1. The van der Waals surface area contributed by atoms with Crippen molar-refractivity contribution in [2.24, 2.45) is 0 Å². The van der Waals surface area contributed by atoms with Gasteiger partial charge in [0.25, 0.3) is 0 Å². The van der Waals surface area contributed by atoms with Crippen LogP contribution in [0.3, 0.4) is 0 Å². The monoisotopic (exact) mass is 449 g/mol. The van der Waals surface area contributed by atoms with Crippen LogP contribution < -0.4 is 15.4 Å². The van der Waals surface area contributed by atoms with Crippen LogP contribution in [-0.2, 0) is 4.74 Å². The van der Waals surface area contributed by atoms with Crippen LogP contribution in [0.5, 0.6) is 5.75 Å². The predicted octanol–water partition coefficient (Wildman–Crippen LogP) is 4.00. The van der Waals surface area contributed by atoms with Gasteiger partial charge in [0.1, 0.15) is 5.75 Å². The van der Waals surface area contributed by atoms with Crippen LogP contribution in [0.15, 0.2) is 28.9 Å². The normalized spacial score (nSPS) is 18.6. The van der Waals surface area contributed by atoms with Gasteiger partial charge in [-0.25, -0.2) is 4.98 Å². The van der Waals surface area contributed by atoms with Crippen molar-refractivity contribution < 1.29 is 9.47 Å². The summed E-state index contributed by atoms with van der Waals surface area (Å²) >= 11 is 3.45. The van der Waals surface area contributed by atoms with E-state index < -0.39 is 0 Å². The first kappa shape index (κ1) is 21.0. The fourth-order valence-electron chi connectivity index (χ4n) is 4.02. The van der Waals surface area contributed by atoms with E-state index in [1.165, 1.54) is 0 Å². The maximum Gasteiger partial charge on any atom is 0.188 e. The number of halogens is 1. The molecule has 1 fully saturated rings. The summed E-state index contributed by atoms with van der Waals surface area (Å²) in [6.07, 6.45) is 3.73. The van der Waals surface area contributed by atoms with E-state index in [9.17, 15) is 0 Å². The van der Waals surface area contributed by atoms with E-state index >= 15 is 0 Å². The highest BCUT2D eigenvalue weighted by atomic mass is 79.9. The van der Waals surface area contributed by atoms with Crippen LogP contribution >= 0.6 is 15.9 Å². The van der Waals surface area contributed by atoms with E-state index in [1.807, 2.05) is 18.2 Å². The average molecular weight is 450 g/mol. The summed E-state index contributed by atoms with van der Waals surface area (Å²) in [6.45, 7) is 9.06. The van der Waals surface area contributed by atoms with Gasteiger partial charge in [0.15, 0.2) is 18.4 Å². The second-order valence-corrected chi connectivity index (χ2v) is 9.42. The number of rotatable bonds is 6. The van der Waals surface area contributed by atoms with E-state index in [1.54, 1.807) is 13.3 Å². The second kappa shape index (κ2) is 8.31. The number of hydrogen-bond acceptors (Lipinski definition) is 7. The lowest BCUT2D eigenvalue weighted by Crippen LogP contribution is -2.60. The van der Waals surface area contributed by atoms with Crippen molar-refractivity contribution in [2.75, 3.05) is 19.2 Å². The van der Waals surface area contributed by atoms with Crippen LogP contribution in [0.4, 0.5) is 5.82 Å². The summed E-state index contributed by atoms with van der Waals surface area (Å²) < 4.78 is 11.5. The quantitative estimate of drug-likeness (QED) is 0.644. The zero-order chi connectivity index (χ0) is 20.4. The summed E-state index contributed by atoms with van der Waals surface area (Å²) in [7, 11) is 1.58. The lowest BCUT2D eigenvalue weighted by molar-refractivity contribution is 0.0514. The van der Waals surface area contributed by atoms with Crippen molar-refractivity contribution in [1.82, 2.24) is 20.5 Å². The Labute approximate surface area is 174 Å². The molecule has 3 rings (SSSR count). The number of hydrogen-bond donors (Lipinski definition) is 2. The van der Waals surface area contributed by atoms with Crippen molar-refractivity contribution in [3.05, 3.63) is 28.9 Å². The van der Waals surface area contributed by atoms with Gasteiger partial charge in [-0.1, -0.05) is 15.9 Å². The van der Waals surface area contributed by atoms with Crippen molar-refractivity contribution in [3.63, 3.8) is 0 Å². The van der Waals surface area contributed by atoms with Crippen LogP contribution in [0, 0.1) is 0 Å². The Morgan fingerprint density at radius 1 is 1.18 bits per heavy atom. The average Bonchev–Trinajstić information content (AvgIpc) is 2.58. The van der Waals surface area contributed by atoms with Crippen LogP contribution in [0.1, 0.15) is 40.5 Å². The SMILES string of the molecule is COCOc1cc(Br)ccc1-c1ncc(NC2CC(C)(C)NC(C)(C)C2)nn1. The topological polar surface area (TPSA) is 81.2 Å². The molecule has 1 aliphatic rings. The number of nitrogens with zero attached hydrogens (tertiary/aromatic N) is 3. The lowest BCUT2D eigenvalue weighted by Gasteiger charge is -2.46. The Kier molecular flexibility index (Phi) is 6.21. The highest BCUT2D eigenvalue weighted by Crippen LogP contribution is 2.32. The molecule has 2 aromatic rings. The molecule has 2 heterocycles. The maximum absolute atomic E-state index is 5.64. The molecular weight excluding hydrogens is 422 g/mol. The number of ether oxygens (including phenoxy) is 2. The van der Waals surface area contributed by atoms with Crippen LogP contribution in [0.25, 0.3) is 11.4 Å². The molecule has 0 saturated carbocycles. The van der Waals surface area contributed by atoms with Crippen LogP contribution in [0.2, 0.25) is 0 Å². The molecule has 7 nitrogen and oxygen atoms in total. The van der Waals surface area contributed by atoms with Crippen molar-refractivity contribution in [1.29, 1.82) is 0 Å². The van der Waals surface area contributed by atoms with Gasteiger partial charge < -0.3 is 20.1 Å². The Hall–Kier alpha value is -1.77. The molecule has 0 radical (unpaired) electrons. The molecule has 1 aromatic heterocycles. The Morgan fingerprint density at radius 3 is 2.50 bits per heavy atom. The van der Waals surface area contributed by atoms with E-state index in [4.69, 9.17) is 9.47 Å². The Balaban J connectivity index is 1.75. The fraction of sp³-hybridized carbons (Fsp3) is 0.550. The molecule has 28 heavy (non-hydrogen) atoms. The molecule has 0 aliphatic carbocycles. The minimum Gasteiger partial charge on any atom is -0.467 e. The highest BCUT2D eigenvalue weighted by Gasteiger charge is 2.37. The largest absolute Gasteiger partial charge is 0.467 e. The van der Waals surface area contributed by atoms with Gasteiger partial charge in [-0.2, -0.15) is 0 Å². The number of methoxy groups -OCH3 is 1. The fourth-order valence-corrected chi connectivity index (χ4v) is 4.36. The molecule has 1 aliphatic heterocycles. The number of anilines is 1. The minimum atomic E-state index is 0.0607. The molecule has 0 amide bonds. The van der Waals surface area contributed by atoms with E-state index in [2.05, 4.69) is 69.4 Å². The summed E-state index contributed by atoms with van der Waals surface area (Å²) in [5.41, 5.74) is 0.889. The summed E-state index contributed by atoms with van der Waals surface area (Å²) in [5.74, 6) is 1.83. The highest BCUT2D eigenvalue weighted by molar-refractivity contribution is 9.10. The minimum absolute atomic E-state index is 0.0607. The molecule has 0 atom stereocenters. The van der Waals surface area contributed by atoms with Gasteiger partial charge in [-0.3, -0.25) is 0 Å². The van der Waals surface area contributed by atoms with Gasteiger partial charge in [-0.05, 0) is 58.7 Å². The predicted molar refractivity (Wildman–Crippen MR) is 113 cm³/mol. The zero-order valence-electron chi connectivity index (χ0n) is 17.0. The molecule has 0 spiro atoms. The number of nitrogens with one attached hydrogen (secondary N) is 2. The summed E-state index contributed by atoms with van der Waals surface area (Å²) in [6, 6.07) is 5.99. The van der Waals surface area contributed by atoms with Gasteiger partial charge in [0.05, 0.1) is 11.8 Å². The van der Waals surface area contributed by atoms with Gasteiger partial charge >= 0.3 is 0 Å². The summed E-state index contributed by atoms with van der Waals surface area (Å²) in [4.78, 5) is 4.50. The third-order valence-corrected chi connectivity index (χ3v) is 5.11. The van der Waals surface area contributed by atoms with Gasteiger partial charge in [0, 0.05) is 28.7 Å². The van der Waals surface area contributed by atoms with Gasteiger partial charge in [0.2, 0.25) is 0 Å². The number of aromatic nitrogens is 3. The lowest BCUT2D eigenvalue weighted by atomic mass is 9.79. The number of piperidine rings is 1. The van der Waals surface area contributed by atoms with E-state index in [0.29, 0.717) is 23.4 Å². The smallest absolute Gasteiger partial charge is 0.188 e. The maximum atomic E-state index is 5.64. The molecular formula is C20H28BrN5O2. The van der Waals surface area contributed by atoms with Crippen molar-refractivity contribution >= 4 is 21.7 Å². The molecule has 0 bridgehead atoms. The third-order valence-electron chi connectivity index (χ3n) is 4.62. The van der Waals surface area contributed by atoms with Crippen molar-refractivity contribution in [2.45, 2.75) is 57.7 Å². The van der Waals surface area contributed by atoms with E-state index in [0.717, 1.165) is 22.9 Å². The molecule has 152 valence electrons. The zero-order valence-corrected chi connectivity index (χ0v) is 18.6.